The third kappa shape index (κ3) is 4.17. The third-order valence-electron chi connectivity index (χ3n) is 4.16. The molecule has 144 valence electrons. The fourth-order valence-electron chi connectivity index (χ4n) is 2.68. The number of benzene rings is 2. The van der Waals surface area contributed by atoms with E-state index in [-0.39, 0.29) is 29.9 Å². The summed E-state index contributed by atoms with van der Waals surface area (Å²) in [5.74, 6) is -1.39. The number of nitrogens with zero attached hydrogens (tertiary/aromatic N) is 1. The first kappa shape index (κ1) is 19.1. The maximum Gasteiger partial charge on any atom is 0.308 e. The average Bonchev–Trinajstić information content (AvgIpc) is 2.96. The Labute approximate surface area is 161 Å². The zero-order valence-electron chi connectivity index (χ0n) is 15.1. The molecule has 0 bridgehead atoms. The molecular formula is C20H18N2O6. The Kier molecular flexibility index (Phi) is 5.69. The number of esters is 1. The number of amides is 3. The highest BCUT2D eigenvalue weighted by Gasteiger charge is 2.35. The van der Waals surface area contributed by atoms with Crippen molar-refractivity contribution in [3.63, 3.8) is 0 Å². The number of methoxy groups -OCH3 is 1. The molecule has 0 saturated carbocycles. The molecule has 0 aliphatic carbocycles. The largest absolute Gasteiger partial charge is 0.497 e. The molecule has 0 aromatic heterocycles. The fourth-order valence-corrected chi connectivity index (χ4v) is 2.68. The van der Waals surface area contributed by atoms with Crippen molar-refractivity contribution < 1.29 is 28.7 Å². The van der Waals surface area contributed by atoms with Crippen molar-refractivity contribution in [2.24, 2.45) is 0 Å². The van der Waals surface area contributed by atoms with Gasteiger partial charge in [-0.3, -0.25) is 19.2 Å². The molecule has 8 heteroatoms. The first-order chi connectivity index (χ1) is 13.5. The van der Waals surface area contributed by atoms with E-state index in [4.69, 9.17) is 9.47 Å². The van der Waals surface area contributed by atoms with Gasteiger partial charge in [0.2, 0.25) is 5.91 Å². The number of hydrogen-bond acceptors (Lipinski definition) is 6. The minimum atomic E-state index is -0.679. The van der Waals surface area contributed by atoms with Crippen LogP contribution in [0.25, 0.3) is 0 Å². The van der Waals surface area contributed by atoms with Gasteiger partial charge in [0.1, 0.15) is 5.75 Å². The molecule has 28 heavy (non-hydrogen) atoms. The highest BCUT2D eigenvalue weighted by Crippen LogP contribution is 2.22. The van der Waals surface area contributed by atoms with Gasteiger partial charge in [0.25, 0.3) is 11.8 Å². The van der Waals surface area contributed by atoms with Crippen molar-refractivity contribution in [3.8, 4) is 5.75 Å². The van der Waals surface area contributed by atoms with Crippen molar-refractivity contribution in [3.05, 3.63) is 59.7 Å². The van der Waals surface area contributed by atoms with E-state index in [1.807, 2.05) is 0 Å². The first-order valence-electron chi connectivity index (χ1n) is 8.54. The molecule has 0 saturated heterocycles. The Hall–Kier alpha value is -3.68. The number of carbonyl (C=O) groups is 4. The van der Waals surface area contributed by atoms with Gasteiger partial charge in [-0.25, -0.2) is 4.90 Å². The number of ether oxygens (including phenoxy) is 2. The number of rotatable bonds is 7. The SMILES string of the molecule is COc1ccc(NC(=O)CCC(=O)OCN2C(=O)c3ccccc3C2=O)cc1. The van der Waals surface area contributed by atoms with Gasteiger partial charge in [-0.05, 0) is 36.4 Å². The molecule has 0 spiro atoms. The number of hydrogen-bond donors (Lipinski definition) is 1. The third-order valence-corrected chi connectivity index (χ3v) is 4.16. The Morgan fingerprint density at radius 3 is 2.11 bits per heavy atom. The molecule has 2 aromatic carbocycles. The smallest absolute Gasteiger partial charge is 0.308 e. The lowest BCUT2D eigenvalue weighted by Crippen LogP contribution is -2.33. The molecule has 3 amide bonds. The maximum absolute atomic E-state index is 12.2. The summed E-state index contributed by atoms with van der Waals surface area (Å²) in [5, 5.41) is 2.65. The second-order valence-electron chi connectivity index (χ2n) is 6.01. The van der Waals surface area contributed by atoms with E-state index in [1.165, 1.54) is 0 Å². The van der Waals surface area contributed by atoms with E-state index in [9.17, 15) is 19.2 Å². The van der Waals surface area contributed by atoms with Crippen LogP contribution in [0.5, 0.6) is 5.75 Å². The quantitative estimate of drug-likeness (QED) is 0.582. The highest BCUT2D eigenvalue weighted by atomic mass is 16.5. The Morgan fingerprint density at radius 2 is 1.54 bits per heavy atom. The Bertz CT molecular complexity index is 888. The van der Waals surface area contributed by atoms with Crippen LogP contribution in [0.2, 0.25) is 0 Å². The number of anilines is 1. The minimum absolute atomic E-state index is 0.0903. The number of nitrogens with one attached hydrogen (secondary N) is 1. The van der Waals surface area contributed by atoms with Crippen LogP contribution >= 0.6 is 0 Å². The molecular weight excluding hydrogens is 364 g/mol. The van der Waals surface area contributed by atoms with Gasteiger partial charge < -0.3 is 14.8 Å². The van der Waals surface area contributed by atoms with Gasteiger partial charge in [0.15, 0.2) is 6.73 Å². The number of fused-ring (bicyclic) bond motifs is 1. The van der Waals surface area contributed by atoms with Crippen LogP contribution in [-0.4, -0.2) is 42.4 Å². The lowest BCUT2D eigenvalue weighted by molar-refractivity contribution is -0.147. The molecule has 8 nitrogen and oxygen atoms in total. The number of carbonyl (C=O) groups excluding carboxylic acids is 4. The molecule has 0 atom stereocenters. The summed E-state index contributed by atoms with van der Waals surface area (Å²) < 4.78 is 10.0. The molecule has 1 heterocycles. The van der Waals surface area contributed by atoms with E-state index in [0.717, 1.165) is 4.90 Å². The van der Waals surface area contributed by atoms with Crippen LogP contribution < -0.4 is 10.1 Å². The van der Waals surface area contributed by atoms with Crippen molar-refractivity contribution in [1.29, 1.82) is 0 Å². The molecule has 1 aliphatic rings. The Balaban J connectivity index is 1.44. The lowest BCUT2D eigenvalue weighted by atomic mass is 10.1. The summed E-state index contributed by atoms with van der Waals surface area (Å²) >= 11 is 0. The second-order valence-corrected chi connectivity index (χ2v) is 6.01. The van der Waals surface area contributed by atoms with Crippen molar-refractivity contribution in [2.45, 2.75) is 12.8 Å². The highest BCUT2D eigenvalue weighted by molar-refractivity contribution is 6.21. The van der Waals surface area contributed by atoms with Crippen molar-refractivity contribution in [1.82, 2.24) is 4.90 Å². The van der Waals surface area contributed by atoms with Crippen LogP contribution in [0.4, 0.5) is 5.69 Å². The van der Waals surface area contributed by atoms with Crippen molar-refractivity contribution in [2.75, 3.05) is 19.2 Å². The molecule has 1 N–H and O–H groups in total. The van der Waals surface area contributed by atoms with Crippen LogP contribution in [0.1, 0.15) is 33.6 Å². The van der Waals surface area contributed by atoms with E-state index in [1.54, 1.807) is 55.6 Å². The van der Waals surface area contributed by atoms with Gasteiger partial charge in [0, 0.05) is 12.1 Å². The van der Waals surface area contributed by atoms with E-state index in [2.05, 4.69) is 5.32 Å². The van der Waals surface area contributed by atoms with E-state index in [0.29, 0.717) is 11.4 Å². The monoisotopic (exact) mass is 382 g/mol. The summed E-state index contributed by atoms with van der Waals surface area (Å²) in [6.45, 7) is -0.481. The fraction of sp³-hybridized carbons (Fsp3) is 0.200. The normalized spacial score (nSPS) is 12.5. The van der Waals surface area contributed by atoms with Gasteiger partial charge in [-0.1, -0.05) is 12.1 Å². The van der Waals surface area contributed by atoms with Gasteiger partial charge in [0.05, 0.1) is 24.7 Å². The molecule has 3 rings (SSSR count). The van der Waals surface area contributed by atoms with Crippen molar-refractivity contribution >= 4 is 29.4 Å². The summed E-state index contributed by atoms with van der Waals surface area (Å²) in [5.41, 5.74) is 1.13. The predicted molar refractivity (Wildman–Crippen MR) is 98.8 cm³/mol. The van der Waals surface area contributed by atoms with Gasteiger partial charge in [-0.15, -0.1) is 0 Å². The van der Waals surface area contributed by atoms with Crippen LogP contribution in [0.3, 0.4) is 0 Å². The second kappa shape index (κ2) is 8.34. The minimum Gasteiger partial charge on any atom is -0.497 e. The van der Waals surface area contributed by atoms with Gasteiger partial charge >= 0.3 is 5.97 Å². The summed E-state index contributed by atoms with van der Waals surface area (Å²) in [6.07, 6.45) is -0.266. The summed E-state index contributed by atoms with van der Waals surface area (Å²) in [6, 6.07) is 13.1. The summed E-state index contributed by atoms with van der Waals surface area (Å²) in [7, 11) is 1.54. The maximum atomic E-state index is 12.2. The van der Waals surface area contributed by atoms with E-state index >= 15 is 0 Å². The van der Waals surface area contributed by atoms with Crippen LogP contribution in [0, 0.1) is 0 Å². The molecule has 0 unspecified atom stereocenters. The molecule has 0 fully saturated rings. The first-order valence-corrected chi connectivity index (χ1v) is 8.54. The zero-order chi connectivity index (χ0) is 20.1. The van der Waals surface area contributed by atoms with Gasteiger partial charge in [-0.2, -0.15) is 0 Å². The summed E-state index contributed by atoms with van der Waals surface area (Å²) in [4.78, 5) is 49.0. The van der Waals surface area contributed by atoms with E-state index < -0.39 is 24.5 Å². The standard InChI is InChI=1S/C20H18N2O6/c1-27-14-8-6-13(7-9-14)21-17(23)10-11-18(24)28-12-22-19(25)15-4-2-3-5-16(15)20(22)26/h2-9H,10-12H2,1H3,(H,21,23). The predicted octanol–water partition coefficient (Wildman–Crippen LogP) is 2.21. The van der Waals surface area contributed by atoms with Crippen LogP contribution in [-0.2, 0) is 14.3 Å². The molecule has 1 aliphatic heterocycles. The van der Waals surface area contributed by atoms with Crippen LogP contribution in [0.15, 0.2) is 48.5 Å². The molecule has 2 aromatic rings. The topological polar surface area (TPSA) is 102 Å². The Morgan fingerprint density at radius 1 is 0.929 bits per heavy atom. The number of imide groups is 1. The molecule has 0 radical (unpaired) electrons. The average molecular weight is 382 g/mol. The lowest BCUT2D eigenvalue weighted by Gasteiger charge is -2.13. The zero-order valence-corrected chi connectivity index (χ0v) is 15.1.